The molecule has 0 amide bonds. The number of carbonyl (C=O) groups is 1. The number of carboxylic acids is 1. The Morgan fingerprint density at radius 1 is 0.697 bits per heavy atom. The molecule has 1 rings (SSSR count). The Morgan fingerprint density at radius 2 is 1.06 bits per heavy atom. The van der Waals surface area contributed by atoms with Crippen molar-refractivity contribution in [2.45, 2.75) is 161 Å². The number of hydrogen-bond donors (Lipinski definition) is 1. The molecular weight excluding hydrogens is 406 g/mol. The van der Waals surface area contributed by atoms with Crippen LogP contribution in [-0.4, -0.2) is 42.2 Å². The lowest BCUT2D eigenvalue weighted by atomic mass is 9.58. The second-order valence-electron chi connectivity index (χ2n) is 12.3. The Balaban J connectivity index is 2.19. The molecule has 0 aromatic heterocycles. The van der Waals surface area contributed by atoms with Gasteiger partial charge in [-0.3, -0.25) is 0 Å². The largest absolute Gasteiger partial charge is 0.477 e. The van der Waals surface area contributed by atoms with Gasteiger partial charge in [0.2, 0.25) is 0 Å². The van der Waals surface area contributed by atoms with Crippen LogP contribution in [0.1, 0.15) is 155 Å². The van der Waals surface area contributed by atoms with Gasteiger partial charge in [-0.25, -0.2) is 4.79 Å². The van der Waals surface area contributed by atoms with Crippen LogP contribution in [0.2, 0.25) is 0 Å². The summed E-state index contributed by atoms with van der Waals surface area (Å²) in [6.07, 6.45) is 29.1. The molecule has 0 aromatic rings. The van der Waals surface area contributed by atoms with Crippen molar-refractivity contribution >= 4 is 5.97 Å². The molecular formula is C30H60NO2+. The van der Waals surface area contributed by atoms with Crippen molar-refractivity contribution in [2.24, 2.45) is 5.41 Å². The highest BCUT2D eigenvalue weighted by atomic mass is 16.4. The molecule has 0 spiro atoms. The minimum absolute atomic E-state index is 0.0503. The average Bonchev–Trinajstić information content (AvgIpc) is 2.78. The number of likely N-dealkylation sites (N-methyl/N-ethyl adjacent to an activating group) is 1. The van der Waals surface area contributed by atoms with Crippen LogP contribution in [0.4, 0.5) is 0 Å². The molecule has 1 unspecified atom stereocenters. The summed E-state index contributed by atoms with van der Waals surface area (Å²) in [7, 11) is 6.24. The van der Waals surface area contributed by atoms with Crippen LogP contribution in [0.15, 0.2) is 0 Å². The minimum atomic E-state index is -0.705. The normalized spacial score (nSPS) is 18.2. The number of quaternary nitrogens is 1. The number of carboxylic acid groups (broad SMARTS) is 1. The first-order valence-electron chi connectivity index (χ1n) is 14.8. The monoisotopic (exact) mass is 466 g/mol. The Labute approximate surface area is 207 Å². The fraction of sp³-hybridized carbons (Fsp3) is 0.967. The average molecular weight is 467 g/mol. The topological polar surface area (TPSA) is 37.3 Å². The molecule has 3 nitrogen and oxygen atoms in total. The molecule has 0 radical (unpaired) electrons. The maximum atomic E-state index is 12.5. The molecule has 1 saturated carbocycles. The first kappa shape index (κ1) is 30.5. The third-order valence-corrected chi connectivity index (χ3v) is 9.11. The van der Waals surface area contributed by atoms with E-state index in [1.54, 1.807) is 0 Å². The number of hydrogen-bond acceptors (Lipinski definition) is 1. The zero-order valence-corrected chi connectivity index (χ0v) is 23.4. The van der Waals surface area contributed by atoms with E-state index in [9.17, 15) is 9.90 Å². The van der Waals surface area contributed by atoms with Crippen LogP contribution in [0.25, 0.3) is 0 Å². The van der Waals surface area contributed by atoms with Crippen molar-refractivity contribution in [3.63, 3.8) is 0 Å². The SMILES string of the molecule is CCCCCCCCCCCCCCCCCCC1(C(C)(C(=O)O)[N+](C)(C)C)CCCCC1. The first-order chi connectivity index (χ1) is 15.7. The van der Waals surface area contributed by atoms with Gasteiger partial charge in [-0.2, -0.15) is 0 Å². The highest BCUT2D eigenvalue weighted by Crippen LogP contribution is 2.52. The number of unbranched alkanes of at least 4 members (excludes halogenated alkanes) is 15. The predicted molar refractivity (Wildman–Crippen MR) is 144 cm³/mol. The van der Waals surface area contributed by atoms with Crippen molar-refractivity contribution in [2.75, 3.05) is 21.1 Å². The Kier molecular flexibility index (Phi) is 14.9. The van der Waals surface area contributed by atoms with E-state index in [1.807, 2.05) is 6.92 Å². The molecule has 1 aliphatic rings. The van der Waals surface area contributed by atoms with Gasteiger partial charge in [-0.15, -0.1) is 0 Å². The fourth-order valence-corrected chi connectivity index (χ4v) is 6.45. The smallest absolute Gasteiger partial charge is 0.366 e. The van der Waals surface area contributed by atoms with E-state index in [2.05, 4.69) is 28.1 Å². The summed E-state index contributed by atoms with van der Waals surface area (Å²) in [6, 6.07) is 0. The van der Waals surface area contributed by atoms with E-state index in [1.165, 1.54) is 122 Å². The van der Waals surface area contributed by atoms with Crippen molar-refractivity contribution < 1.29 is 14.4 Å². The lowest BCUT2D eigenvalue weighted by Gasteiger charge is -2.54. The molecule has 33 heavy (non-hydrogen) atoms. The molecule has 1 fully saturated rings. The van der Waals surface area contributed by atoms with E-state index in [4.69, 9.17) is 0 Å². The van der Waals surface area contributed by atoms with Crippen LogP contribution in [0, 0.1) is 5.41 Å². The van der Waals surface area contributed by atoms with E-state index in [-0.39, 0.29) is 5.41 Å². The van der Waals surface area contributed by atoms with E-state index >= 15 is 0 Å². The van der Waals surface area contributed by atoms with Crippen molar-refractivity contribution in [1.29, 1.82) is 0 Å². The van der Waals surface area contributed by atoms with Gasteiger partial charge < -0.3 is 9.59 Å². The lowest BCUT2D eigenvalue weighted by Crippen LogP contribution is -2.69. The van der Waals surface area contributed by atoms with Gasteiger partial charge in [0.25, 0.3) is 0 Å². The zero-order valence-electron chi connectivity index (χ0n) is 23.4. The van der Waals surface area contributed by atoms with E-state index < -0.39 is 11.5 Å². The maximum Gasteiger partial charge on any atom is 0.366 e. The molecule has 0 bridgehead atoms. The zero-order chi connectivity index (χ0) is 24.6. The molecule has 1 atom stereocenters. The number of nitrogens with zero attached hydrogens (tertiary/aromatic N) is 1. The molecule has 3 heteroatoms. The van der Waals surface area contributed by atoms with Gasteiger partial charge in [-0.1, -0.05) is 129 Å². The Bertz CT molecular complexity index is 504. The molecule has 0 heterocycles. The van der Waals surface area contributed by atoms with Crippen molar-refractivity contribution in [1.82, 2.24) is 0 Å². The van der Waals surface area contributed by atoms with Gasteiger partial charge >= 0.3 is 5.97 Å². The summed E-state index contributed by atoms with van der Waals surface area (Å²) < 4.78 is 0.515. The molecule has 1 N–H and O–H groups in total. The van der Waals surface area contributed by atoms with Gasteiger partial charge in [0.15, 0.2) is 5.54 Å². The number of aliphatic carboxylic acids is 1. The van der Waals surface area contributed by atoms with Gasteiger partial charge in [0.05, 0.1) is 21.1 Å². The van der Waals surface area contributed by atoms with Crippen molar-refractivity contribution in [3.05, 3.63) is 0 Å². The third-order valence-electron chi connectivity index (χ3n) is 9.11. The van der Waals surface area contributed by atoms with Crippen LogP contribution >= 0.6 is 0 Å². The van der Waals surface area contributed by atoms with Gasteiger partial charge in [-0.05, 0) is 19.3 Å². The Morgan fingerprint density at radius 3 is 1.39 bits per heavy atom. The molecule has 0 aromatic carbocycles. The summed E-state index contributed by atoms with van der Waals surface area (Å²) in [5.41, 5.74) is -0.756. The van der Waals surface area contributed by atoms with Crippen LogP contribution in [-0.2, 0) is 4.79 Å². The minimum Gasteiger partial charge on any atom is -0.477 e. The highest BCUT2D eigenvalue weighted by molar-refractivity contribution is 5.78. The fourth-order valence-electron chi connectivity index (χ4n) is 6.45. The van der Waals surface area contributed by atoms with Crippen LogP contribution < -0.4 is 0 Å². The molecule has 1 aliphatic carbocycles. The first-order valence-corrected chi connectivity index (χ1v) is 14.8. The summed E-state index contributed by atoms with van der Waals surface area (Å²) in [6.45, 7) is 4.32. The third kappa shape index (κ3) is 9.90. The summed E-state index contributed by atoms with van der Waals surface area (Å²) in [4.78, 5) is 12.5. The molecule has 0 aliphatic heterocycles. The second-order valence-corrected chi connectivity index (χ2v) is 12.3. The van der Waals surface area contributed by atoms with Gasteiger partial charge in [0.1, 0.15) is 0 Å². The number of rotatable bonds is 20. The standard InChI is InChI=1S/C30H59NO2/c1-6-7-8-9-10-11-12-13-14-15-16-17-18-19-20-22-25-30(26-23-21-24-27-30)29(2,28(32)33)31(3,4)5/h6-27H2,1-5H3/p+1. The molecule has 196 valence electrons. The van der Waals surface area contributed by atoms with Gasteiger partial charge in [0, 0.05) is 12.3 Å². The quantitative estimate of drug-likeness (QED) is 0.143. The van der Waals surface area contributed by atoms with Crippen LogP contribution in [0.3, 0.4) is 0 Å². The Hall–Kier alpha value is -0.570. The summed E-state index contributed by atoms with van der Waals surface area (Å²) in [5, 5.41) is 10.3. The molecule has 0 saturated heterocycles. The maximum absolute atomic E-state index is 12.5. The second kappa shape index (κ2) is 16.2. The predicted octanol–water partition coefficient (Wildman–Crippen LogP) is 9.14. The summed E-state index contributed by atoms with van der Waals surface area (Å²) in [5.74, 6) is -0.603. The van der Waals surface area contributed by atoms with E-state index in [0.717, 1.165) is 19.3 Å². The summed E-state index contributed by atoms with van der Waals surface area (Å²) >= 11 is 0. The lowest BCUT2D eigenvalue weighted by molar-refractivity contribution is -0.921. The van der Waals surface area contributed by atoms with Crippen LogP contribution in [0.5, 0.6) is 0 Å². The van der Waals surface area contributed by atoms with Crippen molar-refractivity contribution in [3.8, 4) is 0 Å². The highest BCUT2D eigenvalue weighted by Gasteiger charge is 2.61. The van der Waals surface area contributed by atoms with E-state index in [0.29, 0.717) is 4.48 Å².